The van der Waals surface area contributed by atoms with Gasteiger partial charge >= 0.3 is 0 Å². The standard InChI is InChI=1S/C36H31N5O2/c1-24-14-16-25(17-15-24)18-33(35(37)42)39-36(43)29-12-7-11-28(20-29)34-21-32(40-41(34)23-26-8-3-2-4-9-26)30-19-27-10-5-6-13-31(27)38-22-30/h2-17,19-22,33H,18,23H2,1H3,(H2,37,42)(H,39,43). The summed E-state index contributed by atoms with van der Waals surface area (Å²) in [6.07, 6.45) is 2.15. The molecule has 0 saturated carbocycles. The van der Waals surface area contributed by atoms with E-state index in [0.29, 0.717) is 18.5 Å². The molecule has 212 valence electrons. The van der Waals surface area contributed by atoms with Gasteiger partial charge < -0.3 is 11.1 Å². The maximum Gasteiger partial charge on any atom is 0.251 e. The Hall–Kier alpha value is -5.56. The van der Waals surface area contributed by atoms with Gasteiger partial charge in [0, 0.05) is 34.7 Å². The van der Waals surface area contributed by atoms with E-state index in [0.717, 1.165) is 50.1 Å². The summed E-state index contributed by atoms with van der Waals surface area (Å²) in [6, 6.07) is 36.5. The van der Waals surface area contributed by atoms with Gasteiger partial charge in [0.25, 0.3) is 5.91 Å². The number of primary amides is 1. The minimum Gasteiger partial charge on any atom is -0.368 e. The van der Waals surface area contributed by atoms with Crippen LogP contribution in [0.4, 0.5) is 0 Å². The van der Waals surface area contributed by atoms with E-state index >= 15 is 0 Å². The number of nitrogens with one attached hydrogen (secondary N) is 1. The fourth-order valence-corrected chi connectivity index (χ4v) is 5.12. The van der Waals surface area contributed by atoms with Crippen LogP contribution < -0.4 is 11.1 Å². The van der Waals surface area contributed by atoms with Gasteiger partial charge in [0.05, 0.1) is 23.4 Å². The number of pyridine rings is 1. The lowest BCUT2D eigenvalue weighted by molar-refractivity contribution is -0.119. The Morgan fingerprint density at radius 2 is 1.58 bits per heavy atom. The maximum absolute atomic E-state index is 13.4. The lowest BCUT2D eigenvalue weighted by atomic mass is 10.0. The van der Waals surface area contributed by atoms with Gasteiger partial charge in [-0.3, -0.25) is 19.3 Å². The summed E-state index contributed by atoms with van der Waals surface area (Å²) in [4.78, 5) is 30.2. The number of aromatic nitrogens is 3. The topological polar surface area (TPSA) is 103 Å². The van der Waals surface area contributed by atoms with Gasteiger partial charge in [-0.2, -0.15) is 5.10 Å². The molecule has 2 aromatic heterocycles. The molecule has 0 saturated heterocycles. The van der Waals surface area contributed by atoms with E-state index in [2.05, 4.69) is 28.5 Å². The van der Waals surface area contributed by atoms with E-state index < -0.39 is 11.9 Å². The Labute approximate surface area is 250 Å². The highest BCUT2D eigenvalue weighted by Gasteiger charge is 2.21. The van der Waals surface area contributed by atoms with Crippen LogP contribution in [0.2, 0.25) is 0 Å². The zero-order chi connectivity index (χ0) is 29.8. The Bertz CT molecular complexity index is 1910. The molecule has 6 rings (SSSR count). The normalized spacial score (nSPS) is 11.7. The van der Waals surface area contributed by atoms with Crippen LogP contribution in [0, 0.1) is 6.92 Å². The van der Waals surface area contributed by atoms with Crippen LogP contribution >= 0.6 is 0 Å². The zero-order valence-corrected chi connectivity index (χ0v) is 23.8. The third-order valence-electron chi connectivity index (χ3n) is 7.47. The molecule has 0 aliphatic rings. The first-order valence-corrected chi connectivity index (χ1v) is 14.2. The lowest BCUT2D eigenvalue weighted by Gasteiger charge is -2.16. The number of hydrogen-bond acceptors (Lipinski definition) is 4. The summed E-state index contributed by atoms with van der Waals surface area (Å²) >= 11 is 0. The van der Waals surface area contributed by atoms with Crippen molar-refractivity contribution in [2.75, 3.05) is 0 Å². The van der Waals surface area contributed by atoms with Crippen molar-refractivity contribution < 1.29 is 9.59 Å². The number of amides is 2. The molecule has 7 nitrogen and oxygen atoms in total. The molecule has 0 aliphatic carbocycles. The molecule has 1 unspecified atom stereocenters. The highest BCUT2D eigenvalue weighted by molar-refractivity contribution is 5.98. The molecule has 4 aromatic carbocycles. The number of fused-ring (bicyclic) bond motifs is 1. The van der Waals surface area contributed by atoms with Crippen LogP contribution in [-0.2, 0) is 17.8 Å². The fourth-order valence-electron chi connectivity index (χ4n) is 5.12. The second-order valence-corrected chi connectivity index (χ2v) is 10.7. The molecule has 0 spiro atoms. The molecule has 0 fully saturated rings. The average molecular weight is 566 g/mol. The van der Waals surface area contributed by atoms with Crippen LogP contribution in [0.5, 0.6) is 0 Å². The molecule has 3 N–H and O–H groups in total. The highest BCUT2D eigenvalue weighted by Crippen LogP contribution is 2.29. The first-order valence-electron chi connectivity index (χ1n) is 14.2. The predicted octanol–water partition coefficient (Wildman–Crippen LogP) is 5.95. The van der Waals surface area contributed by atoms with Crippen LogP contribution in [0.1, 0.15) is 27.0 Å². The van der Waals surface area contributed by atoms with Crippen LogP contribution in [0.15, 0.2) is 121 Å². The van der Waals surface area contributed by atoms with Gasteiger partial charge in [-0.1, -0.05) is 90.5 Å². The summed E-state index contributed by atoms with van der Waals surface area (Å²) in [6.45, 7) is 2.55. The number of carbonyl (C=O) groups is 2. The average Bonchev–Trinajstić information content (AvgIpc) is 3.45. The molecular formula is C36H31N5O2. The van der Waals surface area contributed by atoms with Gasteiger partial charge in [0.1, 0.15) is 6.04 Å². The summed E-state index contributed by atoms with van der Waals surface area (Å²) in [5, 5.41) is 8.84. The molecule has 43 heavy (non-hydrogen) atoms. The van der Waals surface area contributed by atoms with Gasteiger partial charge in [0.2, 0.25) is 5.91 Å². The Kier molecular flexibility index (Phi) is 7.78. The van der Waals surface area contributed by atoms with Crippen molar-refractivity contribution in [1.82, 2.24) is 20.1 Å². The van der Waals surface area contributed by atoms with Gasteiger partial charge in [-0.05, 0) is 48.4 Å². The monoisotopic (exact) mass is 565 g/mol. The smallest absolute Gasteiger partial charge is 0.251 e. The van der Waals surface area contributed by atoms with E-state index in [9.17, 15) is 9.59 Å². The summed E-state index contributed by atoms with van der Waals surface area (Å²) in [7, 11) is 0. The molecular weight excluding hydrogens is 534 g/mol. The second-order valence-electron chi connectivity index (χ2n) is 10.7. The van der Waals surface area contributed by atoms with Crippen molar-refractivity contribution in [3.05, 3.63) is 144 Å². The SMILES string of the molecule is Cc1ccc(CC(NC(=O)c2cccc(-c3cc(-c4cnc5ccccc5c4)nn3Cc3ccccc3)c2)C(N)=O)cc1. The number of hydrogen-bond donors (Lipinski definition) is 2. The molecule has 0 radical (unpaired) electrons. The van der Waals surface area contributed by atoms with Crippen molar-refractivity contribution in [2.45, 2.75) is 25.9 Å². The molecule has 0 bridgehead atoms. The minimum atomic E-state index is -0.838. The van der Waals surface area contributed by atoms with Crippen molar-refractivity contribution in [2.24, 2.45) is 5.73 Å². The number of benzene rings is 4. The molecule has 7 heteroatoms. The molecule has 0 aliphatic heterocycles. The number of carbonyl (C=O) groups excluding carboxylic acids is 2. The third-order valence-corrected chi connectivity index (χ3v) is 7.47. The maximum atomic E-state index is 13.4. The quantitative estimate of drug-likeness (QED) is 0.226. The minimum absolute atomic E-state index is 0.314. The van der Waals surface area contributed by atoms with Crippen molar-refractivity contribution in [3.63, 3.8) is 0 Å². The number of nitrogens with zero attached hydrogens (tertiary/aromatic N) is 3. The Morgan fingerprint density at radius 3 is 2.37 bits per heavy atom. The number of para-hydroxylation sites is 1. The third kappa shape index (κ3) is 6.36. The first-order chi connectivity index (χ1) is 20.9. The number of rotatable bonds is 9. The van der Waals surface area contributed by atoms with Crippen LogP contribution in [0.3, 0.4) is 0 Å². The van der Waals surface area contributed by atoms with Crippen LogP contribution in [0.25, 0.3) is 33.4 Å². The predicted molar refractivity (Wildman–Crippen MR) is 169 cm³/mol. The van der Waals surface area contributed by atoms with Crippen LogP contribution in [-0.4, -0.2) is 32.6 Å². The Balaban J connectivity index is 1.32. The van der Waals surface area contributed by atoms with E-state index in [1.807, 2.05) is 109 Å². The highest BCUT2D eigenvalue weighted by atomic mass is 16.2. The summed E-state index contributed by atoms with van der Waals surface area (Å²) < 4.78 is 1.94. The van der Waals surface area contributed by atoms with E-state index in [4.69, 9.17) is 10.8 Å². The second kappa shape index (κ2) is 12.1. The van der Waals surface area contributed by atoms with Crippen molar-refractivity contribution in [1.29, 1.82) is 0 Å². The largest absolute Gasteiger partial charge is 0.368 e. The van der Waals surface area contributed by atoms with E-state index in [1.165, 1.54) is 0 Å². The molecule has 2 heterocycles. The van der Waals surface area contributed by atoms with Crippen molar-refractivity contribution >= 4 is 22.7 Å². The lowest BCUT2D eigenvalue weighted by Crippen LogP contribution is -2.45. The molecule has 6 aromatic rings. The van der Waals surface area contributed by atoms with Gasteiger partial charge in [-0.15, -0.1) is 0 Å². The molecule has 1 atom stereocenters. The number of nitrogens with two attached hydrogens (primary N) is 1. The zero-order valence-electron chi connectivity index (χ0n) is 23.8. The van der Waals surface area contributed by atoms with Gasteiger partial charge in [-0.25, -0.2) is 0 Å². The first kappa shape index (κ1) is 27.6. The van der Waals surface area contributed by atoms with Gasteiger partial charge in [0.15, 0.2) is 0 Å². The van der Waals surface area contributed by atoms with E-state index in [-0.39, 0.29) is 5.91 Å². The van der Waals surface area contributed by atoms with E-state index in [1.54, 1.807) is 6.07 Å². The summed E-state index contributed by atoms with van der Waals surface area (Å²) in [5.41, 5.74) is 13.5. The number of aryl methyl sites for hydroxylation is 1. The fraction of sp³-hybridized carbons (Fsp3) is 0.111. The summed E-state index contributed by atoms with van der Waals surface area (Å²) in [5.74, 6) is -0.953. The Morgan fingerprint density at radius 1 is 0.814 bits per heavy atom. The van der Waals surface area contributed by atoms with Crippen molar-refractivity contribution in [3.8, 4) is 22.5 Å². The molecule has 2 amide bonds.